The molecule has 4 atom stereocenters. The van der Waals surface area contributed by atoms with E-state index in [1.165, 1.54) is 14.2 Å². The Balaban J connectivity index is 0.929. The monoisotopic (exact) mass is 804 g/mol. The zero-order chi connectivity index (χ0) is 41.6. The van der Waals surface area contributed by atoms with Crippen molar-refractivity contribution in [2.24, 2.45) is 0 Å². The number of alkyl carbamates (subject to hydrolysis) is 2. The maximum atomic E-state index is 13.9. The van der Waals surface area contributed by atoms with E-state index in [2.05, 4.69) is 49.9 Å². The molecule has 4 amide bonds. The first kappa shape index (κ1) is 39.4. The molecule has 0 unspecified atom stereocenters. The number of amides is 4. The Morgan fingerprint density at radius 1 is 0.700 bits per heavy atom. The number of benzene rings is 4. The number of carbonyl (C=O) groups is 4. The average molecular weight is 805 g/mol. The minimum Gasteiger partial charge on any atom is -0.453 e. The third-order valence-electron chi connectivity index (χ3n) is 10.9. The fourth-order valence-corrected chi connectivity index (χ4v) is 7.82. The summed E-state index contributed by atoms with van der Waals surface area (Å²) >= 11 is 0. The van der Waals surface area contributed by atoms with Crippen LogP contribution in [0.15, 0.2) is 134 Å². The maximum absolute atomic E-state index is 13.9. The van der Waals surface area contributed by atoms with Crippen molar-refractivity contribution < 1.29 is 28.7 Å². The SMILES string of the molecule is COC(=O)N[C@@H](C(=O)N1CC=C[C@H]1c1ncc(-c2ccc(-c3ccc(-c4c[nH]c([C@@H]5CCCN5C(=O)[C@H](NC(=O)OC)c5ccccc5)n4)cc3)cc2)[nH]1)c1ccccc1. The zero-order valence-electron chi connectivity index (χ0n) is 33.1. The van der Waals surface area contributed by atoms with Gasteiger partial charge >= 0.3 is 12.2 Å². The molecule has 1 fully saturated rings. The van der Waals surface area contributed by atoms with Gasteiger partial charge in [0, 0.05) is 24.8 Å². The number of aromatic amines is 2. The quantitative estimate of drug-likeness (QED) is 0.0979. The predicted octanol–water partition coefficient (Wildman–Crippen LogP) is 7.43. The van der Waals surface area contributed by atoms with Crippen molar-refractivity contribution in [2.75, 3.05) is 27.3 Å². The van der Waals surface area contributed by atoms with Crippen LogP contribution in [0.3, 0.4) is 0 Å². The third kappa shape index (κ3) is 8.25. The van der Waals surface area contributed by atoms with E-state index < -0.39 is 30.3 Å². The lowest BCUT2D eigenvalue weighted by Crippen LogP contribution is -2.43. The number of aromatic nitrogens is 4. The highest BCUT2D eigenvalue weighted by Crippen LogP contribution is 2.35. The van der Waals surface area contributed by atoms with Crippen LogP contribution in [0.5, 0.6) is 0 Å². The standard InChI is InChI=1S/C46H44N8O6/c1-59-45(57)51-39(33-11-5-3-6-12-33)43(55)53-25-9-15-37(53)41-47-27-35(49-41)31-21-17-29(18-22-31)30-19-23-32(24-20-30)36-28-48-42(50-36)38-16-10-26-54(38)44(56)40(52-46(58)60-2)34-13-7-4-8-14-34/h3-9,11-15,17-24,27-28,37-40H,10,16,25-26H2,1-2H3,(H,47,49)(H,48,50)(H,51,57)(H,52,58)/t37-,38-,39+,40+/m0/s1. The number of nitrogens with one attached hydrogen (secondary N) is 4. The fourth-order valence-electron chi connectivity index (χ4n) is 7.82. The molecule has 4 N–H and O–H groups in total. The molecular weight excluding hydrogens is 761 g/mol. The lowest BCUT2D eigenvalue weighted by molar-refractivity contribution is -0.135. The van der Waals surface area contributed by atoms with E-state index in [0.717, 1.165) is 46.5 Å². The molecule has 14 heteroatoms. The summed E-state index contributed by atoms with van der Waals surface area (Å²) in [6, 6.07) is 32.0. The summed E-state index contributed by atoms with van der Waals surface area (Å²) in [5.74, 6) is 0.803. The topological polar surface area (TPSA) is 175 Å². The number of likely N-dealkylation sites (tertiary alicyclic amines) is 1. The van der Waals surface area contributed by atoms with Gasteiger partial charge < -0.3 is 39.9 Å². The van der Waals surface area contributed by atoms with Gasteiger partial charge in [-0.2, -0.15) is 0 Å². The number of methoxy groups -OCH3 is 2. The second-order valence-corrected chi connectivity index (χ2v) is 14.5. The average Bonchev–Trinajstić information content (AvgIpc) is 4.15. The molecule has 304 valence electrons. The van der Waals surface area contributed by atoms with Crippen molar-refractivity contribution >= 4 is 24.0 Å². The molecule has 2 aliphatic rings. The van der Waals surface area contributed by atoms with Crippen molar-refractivity contribution in [3.63, 3.8) is 0 Å². The van der Waals surface area contributed by atoms with Gasteiger partial charge in [-0.25, -0.2) is 19.6 Å². The van der Waals surface area contributed by atoms with Crippen molar-refractivity contribution in [3.05, 3.63) is 157 Å². The summed E-state index contributed by atoms with van der Waals surface area (Å²) < 4.78 is 9.64. The molecule has 1 saturated heterocycles. The number of imidazole rings is 2. The minimum atomic E-state index is -0.924. The van der Waals surface area contributed by atoms with E-state index in [1.807, 2.05) is 91.1 Å². The molecule has 2 aliphatic heterocycles. The van der Waals surface area contributed by atoms with Gasteiger partial charge in [0.05, 0.1) is 37.8 Å². The van der Waals surface area contributed by atoms with E-state index >= 15 is 0 Å². The van der Waals surface area contributed by atoms with E-state index in [0.29, 0.717) is 35.9 Å². The number of hydrogen-bond acceptors (Lipinski definition) is 8. The number of rotatable bonds is 11. The first-order chi connectivity index (χ1) is 29.3. The summed E-state index contributed by atoms with van der Waals surface area (Å²) in [7, 11) is 2.54. The van der Waals surface area contributed by atoms with Gasteiger partial charge in [-0.1, -0.05) is 121 Å². The minimum absolute atomic E-state index is 0.219. The highest BCUT2D eigenvalue weighted by molar-refractivity contribution is 5.88. The first-order valence-corrected chi connectivity index (χ1v) is 19.7. The van der Waals surface area contributed by atoms with Gasteiger partial charge in [-0.15, -0.1) is 0 Å². The molecule has 0 saturated carbocycles. The summed E-state index contributed by atoms with van der Waals surface area (Å²) in [5.41, 5.74) is 6.81. The molecule has 4 aromatic carbocycles. The van der Waals surface area contributed by atoms with Gasteiger partial charge in [-0.05, 0) is 40.7 Å². The normalized spacial score (nSPS) is 16.9. The molecule has 60 heavy (non-hydrogen) atoms. The van der Waals surface area contributed by atoms with Crippen molar-refractivity contribution in [3.8, 4) is 33.6 Å². The Morgan fingerprint density at radius 2 is 1.25 bits per heavy atom. The fraction of sp³-hybridized carbons (Fsp3) is 0.217. The van der Waals surface area contributed by atoms with Gasteiger partial charge in [0.2, 0.25) is 0 Å². The summed E-state index contributed by atoms with van der Waals surface area (Å²) in [5, 5.41) is 5.39. The third-order valence-corrected chi connectivity index (χ3v) is 10.9. The lowest BCUT2D eigenvalue weighted by Gasteiger charge is -2.28. The number of carbonyl (C=O) groups excluding carboxylic acids is 4. The highest BCUT2D eigenvalue weighted by atomic mass is 16.5. The van der Waals surface area contributed by atoms with Crippen molar-refractivity contribution in [1.82, 2.24) is 40.4 Å². The van der Waals surface area contributed by atoms with Crippen LogP contribution >= 0.6 is 0 Å². The van der Waals surface area contributed by atoms with Crippen LogP contribution in [0, 0.1) is 0 Å². The van der Waals surface area contributed by atoms with Crippen LogP contribution in [-0.2, 0) is 19.1 Å². The van der Waals surface area contributed by atoms with Gasteiger partial charge in [-0.3, -0.25) is 9.59 Å². The van der Waals surface area contributed by atoms with E-state index in [1.54, 1.807) is 28.1 Å². The molecule has 0 bridgehead atoms. The van der Waals surface area contributed by atoms with E-state index in [-0.39, 0.29) is 17.9 Å². The molecular formula is C46H44N8O6. The van der Waals surface area contributed by atoms with E-state index in [4.69, 9.17) is 14.5 Å². The number of H-pyrrole nitrogens is 2. The predicted molar refractivity (Wildman–Crippen MR) is 224 cm³/mol. The zero-order valence-corrected chi connectivity index (χ0v) is 33.1. The van der Waals surface area contributed by atoms with Crippen LogP contribution in [0.25, 0.3) is 33.6 Å². The number of ether oxygens (including phenoxy) is 2. The van der Waals surface area contributed by atoms with Gasteiger partial charge in [0.15, 0.2) is 0 Å². The van der Waals surface area contributed by atoms with E-state index in [9.17, 15) is 19.2 Å². The van der Waals surface area contributed by atoms with Gasteiger partial charge in [0.1, 0.15) is 29.8 Å². The van der Waals surface area contributed by atoms with Gasteiger partial charge in [0.25, 0.3) is 11.8 Å². The first-order valence-electron chi connectivity index (χ1n) is 19.7. The Hall–Kier alpha value is -7.48. The molecule has 6 aromatic rings. The Labute approximate surface area is 346 Å². The Kier molecular flexibility index (Phi) is 11.5. The lowest BCUT2D eigenvalue weighted by atomic mass is 10.0. The molecule has 2 aromatic heterocycles. The molecule has 4 heterocycles. The summed E-state index contributed by atoms with van der Waals surface area (Å²) in [6.45, 7) is 0.916. The maximum Gasteiger partial charge on any atom is 0.407 e. The molecule has 14 nitrogen and oxygen atoms in total. The second-order valence-electron chi connectivity index (χ2n) is 14.5. The smallest absolute Gasteiger partial charge is 0.407 e. The molecule has 0 spiro atoms. The van der Waals surface area contributed by atoms with Crippen LogP contribution in [0.2, 0.25) is 0 Å². The van der Waals surface area contributed by atoms with Crippen molar-refractivity contribution in [2.45, 2.75) is 37.0 Å². The Morgan fingerprint density at radius 3 is 1.83 bits per heavy atom. The summed E-state index contributed by atoms with van der Waals surface area (Å²) in [4.78, 5) is 71.9. The molecule has 0 aliphatic carbocycles. The largest absolute Gasteiger partial charge is 0.453 e. The van der Waals surface area contributed by atoms with Crippen LogP contribution < -0.4 is 10.6 Å². The molecule has 8 rings (SSSR count). The van der Waals surface area contributed by atoms with Crippen LogP contribution in [-0.4, -0.2) is 81.0 Å². The van der Waals surface area contributed by atoms with Crippen LogP contribution in [0.1, 0.15) is 59.8 Å². The van der Waals surface area contributed by atoms with Crippen molar-refractivity contribution in [1.29, 1.82) is 0 Å². The Bertz CT molecular complexity index is 2480. The second kappa shape index (κ2) is 17.6. The van der Waals surface area contributed by atoms with Crippen LogP contribution in [0.4, 0.5) is 9.59 Å². The molecule has 0 radical (unpaired) electrons. The summed E-state index contributed by atoms with van der Waals surface area (Å²) in [6.07, 6.45) is 7.65. The number of nitrogens with zero attached hydrogens (tertiary/aromatic N) is 4. The number of hydrogen-bond donors (Lipinski definition) is 4. The highest BCUT2D eigenvalue weighted by Gasteiger charge is 2.38.